The molecule has 4 rings (SSSR count). The highest BCUT2D eigenvalue weighted by atomic mass is 16.5. The first kappa shape index (κ1) is 16.1. The van der Waals surface area contributed by atoms with E-state index in [4.69, 9.17) is 4.74 Å². The van der Waals surface area contributed by atoms with Gasteiger partial charge in [-0.05, 0) is 42.5 Å². The molecule has 0 fully saturated rings. The van der Waals surface area contributed by atoms with Crippen LogP contribution in [0.4, 0.5) is 5.69 Å². The number of hydrogen-bond acceptors (Lipinski definition) is 5. The van der Waals surface area contributed by atoms with E-state index in [0.29, 0.717) is 5.70 Å². The molecular weight excluding hydrogens is 328 g/mol. The van der Waals surface area contributed by atoms with Crippen LogP contribution >= 0.6 is 0 Å². The fraction of sp³-hybridized carbons (Fsp3) is 0.150. The zero-order chi connectivity index (χ0) is 18.1. The summed E-state index contributed by atoms with van der Waals surface area (Å²) in [6.45, 7) is 0. The summed E-state index contributed by atoms with van der Waals surface area (Å²) in [4.78, 5) is 22.3. The maximum absolute atomic E-state index is 12.3. The van der Waals surface area contributed by atoms with Gasteiger partial charge < -0.3 is 15.0 Å². The van der Waals surface area contributed by atoms with Crippen LogP contribution in [0.5, 0.6) is 5.75 Å². The minimum Gasteiger partial charge on any atom is -0.481 e. The molecule has 1 unspecified atom stereocenters. The SMILES string of the molecule is CN(C)c1ccc2c(c1)C1=CC(NC(=O)c3ncccn3)=CC=CC1O2. The number of fused-ring (bicyclic) bond motifs is 3. The number of amides is 1. The molecule has 0 saturated heterocycles. The summed E-state index contributed by atoms with van der Waals surface area (Å²) >= 11 is 0. The largest absolute Gasteiger partial charge is 0.481 e. The maximum atomic E-state index is 12.3. The van der Waals surface area contributed by atoms with E-state index in [1.165, 1.54) is 0 Å². The fourth-order valence-corrected chi connectivity index (χ4v) is 2.94. The summed E-state index contributed by atoms with van der Waals surface area (Å²) in [6.07, 6.45) is 10.6. The number of ether oxygens (including phenoxy) is 1. The number of rotatable bonds is 3. The Balaban J connectivity index is 1.65. The maximum Gasteiger partial charge on any atom is 0.293 e. The number of hydrogen-bond donors (Lipinski definition) is 1. The number of carbonyl (C=O) groups excluding carboxylic acids is 1. The van der Waals surface area contributed by atoms with Crippen LogP contribution < -0.4 is 15.0 Å². The molecule has 1 amide bonds. The van der Waals surface area contributed by atoms with E-state index < -0.39 is 0 Å². The Kier molecular flexibility index (Phi) is 4.01. The molecule has 1 aliphatic heterocycles. The number of allylic oxidation sites excluding steroid dienone is 3. The predicted molar refractivity (Wildman–Crippen MR) is 99.9 cm³/mol. The van der Waals surface area contributed by atoms with Crippen molar-refractivity contribution in [2.24, 2.45) is 0 Å². The summed E-state index contributed by atoms with van der Waals surface area (Å²) in [7, 11) is 4.00. The third-order valence-electron chi connectivity index (χ3n) is 4.25. The van der Waals surface area contributed by atoms with Gasteiger partial charge in [0.2, 0.25) is 5.82 Å². The molecule has 1 aromatic heterocycles. The molecule has 1 aliphatic carbocycles. The first-order valence-electron chi connectivity index (χ1n) is 8.28. The van der Waals surface area contributed by atoms with E-state index in [2.05, 4.69) is 21.4 Å². The topological polar surface area (TPSA) is 67.4 Å². The molecule has 0 bridgehead atoms. The third-order valence-corrected chi connectivity index (χ3v) is 4.25. The molecule has 6 nitrogen and oxygen atoms in total. The van der Waals surface area contributed by atoms with Crippen molar-refractivity contribution < 1.29 is 9.53 Å². The first-order chi connectivity index (χ1) is 12.6. The molecule has 1 aromatic carbocycles. The highest BCUT2D eigenvalue weighted by molar-refractivity contribution is 5.93. The van der Waals surface area contributed by atoms with E-state index in [0.717, 1.165) is 22.6 Å². The minimum absolute atomic E-state index is 0.134. The van der Waals surface area contributed by atoms with Crippen molar-refractivity contribution >= 4 is 17.2 Å². The second-order valence-corrected chi connectivity index (χ2v) is 6.25. The lowest BCUT2D eigenvalue weighted by atomic mass is 10.0. The zero-order valence-electron chi connectivity index (χ0n) is 14.5. The van der Waals surface area contributed by atoms with Crippen LogP contribution in [0.1, 0.15) is 16.2 Å². The summed E-state index contributed by atoms with van der Waals surface area (Å²) in [6, 6.07) is 7.78. The van der Waals surface area contributed by atoms with Crippen LogP contribution in [0.3, 0.4) is 0 Å². The molecule has 2 heterocycles. The van der Waals surface area contributed by atoms with E-state index in [9.17, 15) is 4.79 Å². The standard InChI is InChI=1S/C20H18N4O2/c1-24(2)14-7-8-18-16(12-14)15-11-13(5-3-6-17(15)26-18)23-20(25)19-21-9-4-10-22-19/h3-12,17H,1-2H3,(H,23,25). The van der Waals surface area contributed by atoms with Crippen molar-refractivity contribution in [2.45, 2.75) is 6.10 Å². The van der Waals surface area contributed by atoms with Crippen LogP contribution in [-0.2, 0) is 0 Å². The molecule has 26 heavy (non-hydrogen) atoms. The molecule has 130 valence electrons. The summed E-state index contributed by atoms with van der Waals surface area (Å²) in [5.41, 5.74) is 3.80. The lowest BCUT2D eigenvalue weighted by Crippen LogP contribution is -2.24. The van der Waals surface area contributed by atoms with E-state index in [1.54, 1.807) is 18.5 Å². The molecule has 2 aromatic rings. The molecule has 0 saturated carbocycles. The predicted octanol–water partition coefficient (Wildman–Crippen LogP) is 2.57. The first-order valence-corrected chi connectivity index (χ1v) is 8.28. The Bertz CT molecular complexity index is 946. The number of carbonyl (C=O) groups is 1. The van der Waals surface area contributed by atoms with Crippen LogP contribution in [-0.4, -0.2) is 36.1 Å². The van der Waals surface area contributed by atoms with Gasteiger partial charge in [0.1, 0.15) is 11.9 Å². The van der Waals surface area contributed by atoms with E-state index >= 15 is 0 Å². The van der Waals surface area contributed by atoms with Crippen LogP contribution in [0.2, 0.25) is 0 Å². The van der Waals surface area contributed by atoms with Gasteiger partial charge in [0.15, 0.2) is 0 Å². The van der Waals surface area contributed by atoms with Gasteiger partial charge in [0.05, 0.1) is 0 Å². The number of anilines is 1. The number of aromatic nitrogens is 2. The lowest BCUT2D eigenvalue weighted by molar-refractivity contribution is 0.0957. The molecule has 0 spiro atoms. The van der Waals surface area contributed by atoms with Crippen molar-refractivity contribution in [1.82, 2.24) is 15.3 Å². The number of benzene rings is 1. The Hall–Kier alpha value is -3.41. The van der Waals surface area contributed by atoms with E-state index in [-0.39, 0.29) is 17.8 Å². The fourth-order valence-electron chi connectivity index (χ4n) is 2.94. The Labute approximate surface area is 151 Å². The Morgan fingerprint density at radius 1 is 1.23 bits per heavy atom. The minimum atomic E-state index is -0.346. The van der Waals surface area contributed by atoms with Crippen molar-refractivity contribution in [2.75, 3.05) is 19.0 Å². The average molecular weight is 346 g/mol. The van der Waals surface area contributed by atoms with Crippen LogP contribution in [0.25, 0.3) is 5.57 Å². The Morgan fingerprint density at radius 3 is 2.81 bits per heavy atom. The Morgan fingerprint density at radius 2 is 2.04 bits per heavy atom. The third kappa shape index (κ3) is 2.97. The van der Waals surface area contributed by atoms with Gasteiger partial charge in [-0.15, -0.1) is 0 Å². The monoisotopic (exact) mass is 346 g/mol. The van der Waals surface area contributed by atoms with Crippen molar-refractivity contribution in [3.05, 3.63) is 78.0 Å². The van der Waals surface area contributed by atoms with Crippen molar-refractivity contribution in [3.63, 3.8) is 0 Å². The second-order valence-electron chi connectivity index (χ2n) is 6.25. The summed E-state index contributed by atoms with van der Waals surface area (Å²) in [5.74, 6) is 0.631. The highest BCUT2D eigenvalue weighted by Crippen LogP contribution is 2.41. The normalized spacial score (nSPS) is 17.2. The average Bonchev–Trinajstić information content (AvgIpc) is 2.86. The van der Waals surface area contributed by atoms with Crippen LogP contribution in [0, 0.1) is 0 Å². The molecule has 1 N–H and O–H groups in total. The highest BCUT2D eigenvalue weighted by Gasteiger charge is 2.28. The number of nitrogens with zero attached hydrogens (tertiary/aromatic N) is 3. The second kappa shape index (κ2) is 6.48. The molecule has 6 heteroatoms. The quantitative estimate of drug-likeness (QED) is 0.925. The molecule has 2 aliphatic rings. The van der Waals surface area contributed by atoms with Crippen molar-refractivity contribution in [1.29, 1.82) is 0 Å². The molecular formula is C20H18N4O2. The molecule has 1 atom stereocenters. The number of nitrogens with one attached hydrogen (secondary N) is 1. The smallest absolute Gasteiger partial charge is 0.293 e. The molecule has 0 radical (unpaired) electrons. The van der Waals surface area contributed by atoms with E-state index in [1.807, 2.05) is 55.4 Å². The van der Waals surface area contributed by atoms with Gasteiger partial charge in [0, 0.05) is 49.0 Å². The van der Waals surface area contributed by atoms with Gasteiger partial charge >= 0.3 is 0 Å². The van der Waals surface area contributed by atoms with Crippen LogP contribution in [0.15, 0.2) is 66.7 Å². The summed E-state index contributed by atoms with van der Waals surface area (Å²) < 4.78 is 6.02. The van der Waals surface area contributed by atoms with Crippen molar-refractivity contribution in [3.8, 4) is 5.75 Å². The van der Waals surface area contributed by atoms with Gasteiger partial charge in [-0.2, -0.15) is 0 Å². The van der Waals surface area contributed by atoms with Gasteiger partial charge in [-0.3, -0.25) is 4.79 Å². The zero-order valence-corrected chi connectivity index (χ0v) is 14.5. The van der Waals surface area contributed by atoms with Gasteiger partial charge in [-0.1, -0.05) is 6.08 Å². The van der Waals surface area contributed by atoms with Gasteiger partial charge in [0.25, 0.3) is 5.91 Å². The van der Waals surface area contributed by atoms with Gasteiger partial charge in [-0.25, -0.2) is 9.97 Å². The summed E-state index contributed by atoms with van der Waals surface area (Å²) in [5, 5.41) is 2.86. The lowest BCUT2D eigenvalue weighted by Gasteiger charge is -2.13.